The van der Waals surface area contributed by atoms with Gasteiger partial charge in [0.15, 0.2) is 5.84 Å². The standard InChI is InChI=1S/C14H28N4O3/c1-13(2,21-5)10-11(19)17-6-8-18(9-7-17)14(3,4)12(15)16-20/h20H,6-10H2,1-5H3,(H2,15,16). The molecule has 0 unspecified atom stereocenters. The van der Waals surface area contributed by atoms with E-state index in [1.807, 2.05) is 32.6 Å². The number of amidine groups is 1. The number of carbonyl (C=O) groups is 1. The van der Waals surface area contributed by atoms with E-state index in [1.54, 1.807) is 7.11 Å². The lowest BCUT2D eigenvalue weighted by Crippen LogP contribution is -2.60. The molecule has 1 fully saturated rings. The summed E-state index contributed by atoms with van der Waals surface area (Å²) in [6, 6.07) is 0. The van der Waals surface area contributed by atoms with Crippen molar-refractivity contribution in [1.29, 1.82) is 0 Å². The summed E-state index contributed by atoms with van der Waals surface area (Å²) in [5.41, 5.74) is 4.78. The van der Waals surface area contributed by atoms with Gasteiger partial charge in [0.1, 0.15) is 0 Å². The van der Waals surface area contributed by atoms with Gasteiger partial charge in [-0.2, -0.15) is 0 Å². The Balaban J connectivity index is 2.58. The third-order valence-corrected chi connectivity index (χ3v) is 4.29. The first-order chi connectivity index (χ1) is 9.64. The van der Waals surface area contributed by atoms with Gasteiger partial charge in [0.25, 0.3) is 0 Å². The molecule has 1 aliphatic rings. The summed E-state index contributed by atoms with van der Waals surface area (Å²) in [6.07, 6.45) is 0.368. The first-order valence-electron chi connectivity index (χ1n) is 7.20. The van der Waals surface area contributed by atoms with Crippen molar-refractivity contribution >= 4 is 11.7 Å². The van der Waals surface area contributed by atoms with Crippen molar-refractivity contribution < 1.29 is 14.7 Å². The second kappa shape index (κ2) is 6.62. The Morgan fingerprint density at radius 1 is 1.24 bits per heavy atom. The minimum Gasteiger partial charge on any atom is -0.409 e. The van der Waals surface area contributed by atoms with Crippen molar-refractivity contribution in [1.82, 2.24) is 9.80 Å². The van der Waals surface area contributed by atoms with Crippen LogP contribution < -0.4 is 5.73 Å². The van der Waals surface area contributed by atoms with Gasteiger partial charge in [0.2, 0.25) is 5.91 Å². The van der Waals surface area contributed by atoms with E-state index < -0.39 is 11.1 Å². The normalized spacial score (nSPS) is 18.9. The molecule has 1 amide bonds. The fraction of sp³-hybridized carbons (Fsp3) is 0.857. The number of hydrogen-bond acceptors (Lipinski definition) is 5. The maximum absolute atomic E-state index is 12.3. The number of methoxy groups -OCH3 is 1. The second-order valence-electron chi connectivity index (χ2n) is 6.55. The molecule has 1 heterocycles. The van der Waals surface area contributed by atoms with Gasteiger partial charge in [0, 0.05) is 33.3 Å². The fourth-order valence-corrected chi connectivity index (χ4v) is 2.35. The van der Waals surface area contributed by atoms with Crippen LogP contribution in [-0.4, -0.2) is 71.2 Å². The first-order valence-corrected chi connectivity index (χ1v) is 7.20. The lowest BCUT2D eigenvalue weighted by Gasteiger charge is -2.43. The first kappa shape index (κ1) is 17.7. The summed E-state index contributed by atoms with van der Waals surface area (Å²) in [5.74, 6) is 0.283. The van der Waals surface area contributed by atoms with Gasteiger partial charge in [-0.3, -0.25) is 9.69 Å². The molecule has 0 saturated carbocycles. The summed E-state index contributed by atoms with van der Waals surface area (Å²) >= 11 is 0. The molecular weight excluding hydrogens is 272 g/mol. The number of amides is 1. The third-order valence-electron chi connectivity index (χ3n) is 4.29. The highest BCUT2D eigenvalue weighted by Crippen LogP contribution is 2.20. The largest absolute Gasteiger partial charge is 0.409 e. The molecule has 0 aliphatic carbocycles. The van der Waals surface area contributed by atoms with Crippen LogP contribution in [0.2, 0.25) is 0 Å². The number of nitrogens with two attached hydrogens (primary N) is 1. The Labute approximate surface area is 126 Å². The molecular formula is C14H28N4O3. The number of oxime groups is 1. The fourth-order valence-electron chi connectivity index (χ4n) is 2.35. The van der Waals surface area contributed by atoms with Crippen LogP contribution in [0.4, 0.5) is 0 Å². The van der Waals surface area contributed by atoms with Crippen molar-refractivity contribution in [2.45, 2.75) is 45.3 Å². The highest BCUT2D eigenvalue weighted by atomic mass is 16.5. The quantitative estimate of drug-likeness (QED) is 0.333. The Morgan fingerprint density at radius 3 is 2.19 bits per heavy atom. The van der Waals surface area contributed by atoms with Crippen LogP contribution in [0.3, 0.4) is 0 Å². The molecule has 0 aromatic rings. The molecule has 0 spiro atoms. The zero-order valence-corrected chi connectivity index (χ0v) is 13.7. The van der Waals surface area contributed by atoms with E-state index in [-0.39, 0.29) is 11.7 Å². The maximum Gasteiger partial charge on any atom is 0.225 e. The number of ether oxygens (including phenoxy) is 1. The van der Waals surface area contributed by atoms with Crippen LogP contribution in [0.25, 0.3) is 0 Å². The average molecular weight is 300 g/mol. The number of hydrogen-bond donors (Lipinski definition) is 2. The van der Waals surface area contributed by atoms with Crippen LogP contribution in [0, 0.1) is 0 Å². The molecule has 0 atom stereocenters. The smallest absolute Gasteiger partial charge is 0.225 e. The van der Waals surface area contributed by atoms with E-state index in [1.165, 1.54) is 0 Å². The van der Waals surface area contributed by atoms with Crippen LogP contribution >= 0.6 is 0 Å². The Bertz CT molecular complexity index is 399. The van der Waals surface area contributed by atoms with Gasteiger partial charge in [-0.1, -0.05) is 5.16 Å². The molecule has 1 saturated heterocycles. The van der Waals surface area contributed by atoms with Gasteiger partial charge in [-0.25, -0.2) is 0 Å². The monoisotopic (exact) mass is 300 g/mol. The molecule has 122 valence electrons. The second-order valence-corrected chi connectivity index (χ2v) is 6.55. The van der Waals surface area contributed by atoms with E-state index in [0.29, 0.717) is 32.6 Å². The molecule has 7 heteroatoms. The van der Waals surface area contributed by atoms with E-state index in [9.17, 15) is 4.79 Å². The zero-order valence-electron chi connectivity index (χ0n) is 13.7. The van der Waals surface area contributed by atoms with Crippen molar-refractivity contribution in [3.8, 4) is 0 Å². The van der Waals surface area contributed by atoms with E-state index >= 15 is 0 Å². The third kappa shape index (κ3) is 4.31. The Kier molecular flexibility index (Phi) is 5.58. The minimum absolute atomic E-state index is 0.100. The Hall–Kier alpha value is -1.34. The van der Waals surface area contributed by atoms with Crippen LogP contribution in [0.15, 0.2) is 5.16 Å². The van der Waals surface area contributed by atoms with E-state index in [4.69, 9.17) is 15.7 Å². The molecule has 0 aromatic heterocycles. The average Bonchev–Trinajstić information content (AvgIpc) is 2.46. The summed E-state index contributed by atoms with van der Waals surface area (Å²) in [7, 11) is 1.62. The summed E-state index contributed by atoms with van der Waals surface area (Å²) in [4.78, 5) is 16.2. The van der Waals surface area contributed by atoms with Crippen LogP contribution in [-0.2, 0) is 9.53 Å². The highest BCUT2D eigenvalue weighted by Gasteiger charge is 2.35. The zero-order chi connectivity index (χ0) is 16.3. The summed E-state index contributed by atoms with van der Waals surface area (Å²) in [5, 5.41) is 12.0. The molecule has 0 radical (unpaired) electrons. The van der Waals surface area contributed by atoms with Gasteiger partial charge in [-0.05, 0) is 27.7 Å². The van der Waals surface area contributed by atoms with Gasteiger partial charge in [-0.15, -0.1) is 0 Å². The number of nitrogens with zero attached hydrogens (tertiary/aromatic N) is 3. The van der Waals surface area contributed by atoms with Crippen LogP contribution in [0.1, 0.15) is 34.1 Å². The van der Waals surface area contributed by atoms with Gasteiger partial charge < -0.3 is 20.6 Å². The molecule has 7 nitrogen and oxygen atoms in total. The topological polar surface area (TPSA) is 91.4 Å². The molecule has 0 aromatic carbocycles. The molecule has 1 aliphatic heterocycles. The van der Waals surface area contributed by atoms with Gasteiger partial charge in [0.05, 0.1) is 17.6 Å². The van der Waals surface area contributed by atoms with Crippen molar-refractivity contribution in [2.75, 3.05) is 33.3 Å². The number of rotatable bonds is 5. The molecule has 1 rings (SSSR count). The SMILES string of the molecule is COC(C)(C)CC(=O)N1CCN(C(C)(C)C(N)=NO)CC1. The molecule has 21 heavy (non-hydrogen) atoms. The number of piperazine rings is 1. The highest BCUT2D eigenvalue weighted by molar-refractivity contribution is 5.88. The predicted octanol–water partition coefficient (Wildman–Crippen LogP) is 0.471. The van der Waals surface area contributed by atoms with E-state index in [2.05, 4.69) is 10.1 Å². The van der Waals surface area contributed by atoms with Crippen molar-refractivity contribution in [2.24, 2.45) is 10.9 Å². The van der Waals surface area contributed by atoms with Crippen molar-refractivity contribution in [3.05, 3.63) is 0 Å². The predicted molar refractivity (Wildman–Crippen MR) is 81.3 cm³/mol. The maximum atomic E-state index is 12.3. The Morgan fingerprint density at radius 2 is 1.76 bits per heavy atom. The van der Waals surface area contributed by atoms with Gasteiger partial charge >= 0.3 is 0 Å². The lowest BCUT2D eigenvalue weighted by atomic mass is 9.99. The molecule has 3 N–H and O–H groups in total. The molecule has 0 bridgehead atoms. The van der Waals surface area contributed by atoms with E-state index in [0.717, 1.165) is 0 Å². The van der Waals surface area contributed by atoms with Crippen molar-refractivity contribution in [3.63, 3.8) is 0 Å². The minimum atomic E-state index is -0.518. The van der Waals surface area contributed by atoms with Crippen LogP contribution in [0.5, 0.6) is 0 Å². The number of carbonyl (C=O) groups excluding carboxylic acids is 1. The summed E-state index contributed by atoms with van der Waals surface area (Å²) < 4.78 is 5.30. The lowest BCUT2D eigenvalue weighted by molar-refractivity contribution is -0.138. The summed E-state index contributed by atoms with van der Waals surface area (Å²) in [6.45, 7) is 10.3.